The highest BCUT2D eigenvalue weighted by molar-refractivity contribution is 6.03. The van der Waals surface area contributed by atoms with Crippen molar-refractivity contribution in [1.82, 2.24) is 4.90 Å². The molecule has 2 aromatic carbocycles. The van der Waals surface area contributed by atoms with Gasteiger partial charge < -0.3 is 44.0 Å². The van der Waals surface area contributed by atoms with Gasteiger partial charge in [-0.1, -0.05) is 30.1 Å². The predicted octanol–water partition coefficient (Wildman–Crippen LogP) is 5.55. The normalized spacial score (nSPS) is 27.1. The molecule has 0 spiro atoms. The molecule has 0 radical (unpaired) electrons. The molecule has 6 rings (SSSR count). The van der Waals surface area contributed by atoms with Crippen molar-refractivity contribution in [3.8, 4) is 23.0 Å². The lowest BCUT2D eigenvalue weighted by Crippen LogP contribution is -2.69. The quantitative estimate of drug-likeness (QED) is 0.126. The molecule has 2 aromatic rings. The number of oxime groups is 1. The predicted molar refractivity (Wildman–Crippen MR) is 183 cm³/mol. The number of likely N-dealkylation sites (N-methyl/N-ethyl adjacent to an activating group) is 1. The van der Waals surface area contributed by atoms with Crippen LogP contribution >= 0.6 is 0 Å². The Morgan fingerprint density at radius 3 is 2.57 bits per heavy atom. The van der Waals surface area contributed by atoms with Crippen molar-refractivity contribution >= 4 is 11.6 Å². The van der Waals surface area contributed by atoms with E-state index >= 15 is 0 Å². The number of fused-ring (bicyclic) bond motifs is 3. The summed E-state index contributed by atoms with van der Waals surface area (Å²) in [7, 11) is 1.76. The van der Waals surface area contributed by atoms with E-state index in [0.717, 1.165) is 42.5 Å². The number of aliphatic hydroxyl groups is 2. The minimum atomic E-state index is -1.36. The zero-order valence-electron chi connectivity index (χ0n) is 28.4. The lowest BCUT2D eigenvalue weighted by atomic mass is 9.55. The van der Waals surface area contributed by atoms with Gasteiger partial charge in [-0.2, -0.15) is 0 Å². The van der Waals surface area contributed by atoms with E-state index in [0.29, 0.717) is 48.7 Å². The second-order valence-electron chi connectivity index (χ2n) is 13.2. The van der Waals surface area contributed by atoms with Crippen molar-refractivity contribution in [2.45, 2.75) is 69.6 Å². The summed E-state index contributed by atoms with van der Waals surface area (Å²) in [6.45, 7) is 6.69. The van der Waals surface area contributed by atoms with Crippen molar-refractivity contribution in [3.63, 3.8) is 0 Å². The summed E-state index contributed by atoms with van der Waals surface area (Å²) < 4.78 is 25.0. The lowest BCUT2D eigenvalue weighted by molar-refractivity contribution is -0.252. The number of unbranched alkanes of at least 4 members (excludes halogenated alkanes) is 2. The van der Waals surface area contributed by atoms with Gasteiger partial charge in [-0.25, -0.2) is 0 Å². The molecule has 1 saturated carbocycles. The molecule has 1 fully saturated rings. The van der Waals surface area contributed by atoms with Crippen molar-refractivity contribution in [3.05, 3.63) is 71.8 Å². The molecule has 11 nitrogen and oxygen atoms in total. The number of carbonyl (C=O) groups excluding carboxylic acids is 1. The second-order valence-corrected chi connectivity index (χ2v) is 13.2. The summed E-state index contributed by atoms with van der Waals surface area (Å²) >= 11 is 0. The first-order chi connectivity index (χ1) is 23.9. The van der Waals surface area contributed by atoms with Gasteiger partial charge >= 0.3 is 0 Å². The van der Waals surface area contributed by atoms with Crippen LogP contribution in [-0.2, 0) is 9.57 Å². The molecule has 6 unspecified atom stereocenters. The molecular weight excluding hydrogens is 628 g/mol. The Morgan fingerprint density at radius 1 is 1.06 bits per heavy atom. The average molecular weight is 677 g/mol. The van der Waals surface area contributed by atoms with E-state index in [1.165, 1.54) is 0 Å². The number of hydrogen-bond donors (Lipinski definition) is 3. The van der Waals surface area contributed by atoms with E-state index in [1.54, 1.807) is 54.4 Å². The van der Waals surface area contributed by atoms with Crippen LogP contribution in [0.5, 0.6) is 23.0 Å². The molecule has 1 amide bonds. The van der Waals surface area contributed by atoms with Gasteiger partial charge in [-0.3, -0.25) is 4.79 Å². The van der Waals surface area contributed by atoms with E-state index in [1.807, 2.05) is 6.92 Å². The number of rotatable bonds is 15. The lowest BCUT2D eigenvalue weighted by Gasteiger charge is -2.59. The molecule has 0 bridgehead atoms. The highest BCUT2D eigenvalue weighted by Gasteiger charge is 2.65. The maximum atomic E-state index is 14.4. The van der Waals surface area contributed by atoms with E-state index < -0.39 is 17.7 Å². The van der Waals surface area contributed by atoms with E-state index in [9.17, 15) is 20.1 Å². The van der Waals surface area contributed by atoms with Gasteiger partial charge in [0.15, 0.2) is 11.5 Å². The number of carbonyl (C=O) groups is 1. The third kappa shape index (κ3) is 6.63. The van der Waals surface area contributed by atoms with E-state index in [2.05, 4.69) is 17.8 Å². The smallest absolute Gasteiger partial charge is 0.254 e. The fraction of sp³-hybridized carbons (Fsp3) is 0.526. The number of aromatic hydroxyl groups is 1. The highest BCUT2D eigenvalue weighted by Crippen LogP contribution is 2.61. The minimum absolute atomic E-state index is 0.0807. The molecule has 2 aliphatic heterocycles. The monoisotopic (exact) mass is 676 g/mol. The van der Waals surface area contributed by atoms with Crippen LogP contribution in [0.25, 0.3) is 0 Å². The fourth-order valence-electron chi connectivity index (χ4n) is 8.25. The van der Waals surface area contributed by atoms with Crippen LogP contribution in [0.15, 0.2) is 65.9 Å². The number of amides is 1. The maximum absolute atomic E-state index is 14.4. The third-order valence-corrected chi connectivity index (χ3v) is 10.4. The Bertz CT molecular complexity index is 1570. The summed E-state index contributed by atoms with van der Waals surface area (Å²) in [5, 5.41) is 34.9. The summed E-state index contributed by atoms with van der Waals surface area (Å²) in [5.74, 6) is -0.211. The Labute approximate surface area is 287 Å². The van der Waals surface area contributed by atoms with Crippen molar-refractivity contribution in [1.29, 1.82) is 0 Å². The van der Waals surface area contributed by atoms with Gasteiger partial charge in [0.2, 0.25) is 12.6 Å². The van der Waals surface area contributed by atoms with Crippen LogP contribution in [0.4, 0.5) is 0 Å². The topological polar surface area (TPSA) is 140 Å². The second kappa shape index (κ2) is 15.2. The van der Waals surface area contributed by atoms with Gasteiger partial charge in [-0.15, -0.1) is 6.58 Å². The molecule has 3 N–H and O–H groups in total. The van der Waals surface area contributed by atoms with Gasteiger partial charge in [0.05, 0.1) is 18.2 Å². The summed E-state index contributed by atoms with van der Waals surface area (Å²) in [6, 6.07) is 9.69. The number of aliphatic hydroxyl groups excluding tert-OH is 2. The van der Waals surface area contributed by atoms with E-state index in [4.69, 9.17) is 23.8 Å². The van der Waals surface area contributed by atoms with Gasteiger partial charge in [0.25, 0.3) is 5.91 Å². The zero-order chi connectivity index (χ0) is 34.5. The maximum Gasteiger partial charge on any atom is 0.254 e. The largest absolute Gasteiger partial charge is 0.508 e. The Kier molecular flexibility index (Phi) is 10.8. The standard InChI is InChI=1S/C38H48N2O9/c1-4-18-47-38-34(40(3)37(44)25-12-14-32-33(20-25)46-23-45-32)22-30(39-48-5-2)28-19-24(10-6-8-16-41)27(11-7-9-17-42)35(36(28)38)29-21-26(43)13-15-31(29)49-38/h4,12-15,19-21,24,27,34-36,41-43H,1,5-11,16-18,22-23H2,2-3H3. The third-order valence-electron chi connectivity index (χ3n) is 10.4. The van der Waals surface area contributed by atoms with E-state index in [-0.39, 0.29) is 56.0 Å². The summed E-state index contributed by atoms with van der Waals surface area (Å²) in [6.07, 6.45) is 8.95. The van der Waals surface area contributed by atoms with Gasteiger partial charge in [-0.05, 0) is 86.4 Å². The molecule has 4 aliphatic rings. The highest BCUT2D eigenvalue weighted by atomic mass is 16.7. The van der Waals surface area contributed by atoms with Crippen molar-refractivity contribution in [2.75, 3.05) is 40.3 Å². The minimum Gasteiger partial charge on any atom is -0.508 e. The van der Waals surface area contributed by atoms with Crippen LogP contribution in [0.2, 0.25) is 0 Å². The molecule has 11 heteroatoms. The molecule has 2 aliphatic carbocycles. The average Bonchev–Trinajstić information content (AvgIpc) is 3.59. The van der Waals surface area contributed by atoms with Crippen LogP contribution in [-0.4, -0.2) is 83.9 Å². The SMILES string of the molecule is C=CCOC12Oc3ccc(O)cc3C3C(CCCCO)C(CCCCO)C=C(C(=NOCC)CC1N(C)C(=O)c1ccc4c(c1)OCO4)C32. The number of hydrogen-bond acceptors (Lipinski definition) is 10. The molecule has 49 heavy (non-hydrogen) atoms. The number of allylic oxidation sites excluding steroid dienone is 1. The number of nitrogens with zero attached hydrogens (tertiary/aromatic N) is 2. The summed E-state index contributed by atoms with van der Waals surface area (Å²) in [5.41, 5.74) is 2.97. The first-order valence-corrected chi connectivity index (χ1v) is 17.4. The molecule has 0 saturated heterocycles. The number of ether oxygens (including phenoxy) is 4. The Balaban J connectivity index is 1.53. The van der Waals surface area contributed by atoms with Crippen molar-refractivity contribution < 1.29 is 43.9 Å². The summed E-state index contributed by atoms with van der Waals surface area (Å²) in [4.78, 5) is 21.8. The Hall–Kier alpha value is -4.06. The van der Waals surface area contributed by atoms with Gasteiger partial charge in [0.1, 0.15) is 24.1 Å². The zero-order valence-corrected chi connectivity index (χ0v) is 28.4. The molecular formula is C38H48N2O9. The van der Waals surface area contributed by atoms with Crippen molar-refractivity contribution in [2.24, 2.45) is 22.9 Å². The molecule has 6 atom stereocenters. The molecule has 0 aromatic heterocycles. The fourth-order valence-corrected chi connectivity index (χ4v) is 8.25. The number of phenols is 1. The number of benzene rings is 2. The number of phenolic OH excluding ortho intramolecular Hbond substituents is 1. The first kappa shape index (κ1) is 34.8. The molecule has 2 heterocycles. The van der Waals surface area contributed by atoms with Crippen LogP contribution in [0.1, 0.15) is 73.7 Å². The van der Waals surface area contributed by atoms with Crippen LogP contribution in [0.3, 0.4) is 0 Å². The van der Waals surface area contributed by atoms with Gasteiger partial charge in [0, 0.05) is 43.7 Å². The molecule has 264 valence electrons. The van der Waals surface area contributed by atoms with Crippen LogP contribution in [0, 0.1) is 17.8 Å². The van der Waals surface area contributed by atoms with Crippen LogP contribution < -0.4 is 14.2 Å². The Morgan fingerprint density at radius 2 is 1.82 bits per heavy atom. The first-order valence-electron chi connectivity index (χ1n) is 17.4.